The first-order chi connectivity index (χ1) is 5.87. The Balaban J connectivity index is 1.86. The van der Waals surface area contributed by atoms with Crippen LogP contribution in [-0.4, -0.2) is 0 Å². The summed E-state index contributed by atoms with van der Waals surface area (Å²) in [6, 6.07) is 0. The second-order valence-electron chi connectivity index (χ2n) is 5.40. The maximum atomic E-state index is 2.37. The van der Waals surface area contributed by atoms with Gasteiger partial charge in [-0.05, 0) is 61.7 Å². The second kappa shape index (κ2) is 2.27. The molecule has 0 aromatic carbocycles. The summed E-state index contributed by atoms with van der Waals surface area (Å²) in [6.45, 7) is 2.37. The zero-order valence-corrected chi connectivity index (χ0v) is 8.18. The van der Waals surface area contributed by atoms with Crippen LogP contribution in [0.25, 0.3) is 0 Å². The molecule has 2 bridgehead atoms. The van der Waals surface area contributed by atoms with Gasteiger partial charge in [-0.2, -0.15) is 0 Å². The first kappa shape index (κ1) is 7.41. The summed E-state index contributed by atoms with van der Waals surface area (Å²) in [7, 11) is 0. The van der Waals surface area contributed by atoms with Crippen molar-refractivity contribution in [2.24, 2.45) is 23.2 Å². The number of fused-ring (bicyclic) bond motifs is 5. The fraction of sp³-hybridized carbons (Fsp3) is 1.00. The molecule has 0 aliphatic heterocycles. The van der Waals surface area contributed by atoms with Crippen LogP contribution in [-0.2, 0) is 0 Å². The molecule has 68 valence electrons. The van der Waals surface area contributed by atoms with Crippen molar-refractivity contribution in [2.75, 3.05) is 0 Å². The lowest BCUT2D eigenvalue weighted by Crippen LogP contribution is -2.44. The van der Waals surface area contributed by atoms with E-state index in [2.05, 4.69) is 6.92 Å². The van der Waals surface area contributed by atoms with Crippen molar-refractivity contribution in [3.05, 3.63) is 0 Å². The Morgan fingerprint density at radius 1 is 1.25 bits per heavy atom. The van der Waals surface area contributed by atoms with Gasteiger partial charge in [0.2, 0.25) is 0 Å². The molecular formula is C12H20. The summed E-state index contributed by atoms with van der Waals surface area (Å²) in [4.78, 5) is 0. The van der Waals surface area contributed by atoms with Crippen LogP contribution in [0.15, 0.2) is 0 Å². The van der Waals surface area contributed by atoms with Gasteiger partial charge in [-0.3, -0.25) is 0 Å². The topological polar surface area (TPSA) is 0 Å². The van der Waals surface area contributed by atoms with Gasteiger partial charge >= 0.3 is 0 Å². The predicted molar refractivity (Wildman–Crippen MR) is 50.9 cm³/mol. The maximum absolute atomic E-state index is 2.37. The van der Waals surface area contributed by atoms with Crippen LogP contribution in [0.1, 0.15) is 51.9 Å². The molecule has 0 spiro atoms. The molecule has 0 heterocycles. The van der Waals surface area contributed by atoms with E-state index in [9.17, 15) is 0 Å². The van der Waals surface area contributed by atoms with E-state index in [0.717, 1.165) is 5.41 Å². The molecule has 0 saturated heterocycles. The van der Waals surface area contributed by atoms with Crippen LogP contribution < -0.4 is 0 Å². The maximum Gasteiger partial charge on any atom is -0.0238 e. The average Bonchev–Trinajstić information content (AvgIpc) is 2.51. The minimum atomic E-state index is 0.900. The van der Waals surface area contributed by atoms with E-state index < -0.39 is 0 Å². The molecule has 0 amide bonds. The van der Waals surface area contributed by atoms with Gasteiger partial charge in [-0.1, -0.05) is 13.3 Å². The first-order valence-electron chi connectivity index (χ1n) is 5.87. The molecule has 3 aliphatic carbocycles. The van der Waals surface area contributed by atoms with Gasteiger partial charge in [0, 0.05) is 0 Å². The van der Waals surface area contributed by atoms with E-state index in [1.54, 1.807) is 38.5 Å². The number of hydrogen-bond donors (Lipinski definition) is 0. The van der Waals surface area contributed by atoms with Crippen LogP contribution >= 0.6 is 0 Å². The SMILES string of the molecule is CCCC12CC[C@@H]1C1CCC2C1. The van der Waals surface area contributed by atoms with Crippen molar-refractivity contribution in [1.82, 2.24) is 0 Å². The van der Waals surface area contributed by atoms with Gasteiger partial charge in [0.1, 0.15) is 0 Å². The Morgan fingerprint density at radius 3 is 2.75 bits per heavy atom. The van der Waals surface area contributed by atoms with Crippen molar-refractivity contribution < 1.29 is 0 Å². The fourth-order valence-electron chi connectivity index (χ4n) is 4.78. The van der Waals surface area contributed by atoms with E-state index in [4.69, 9.17) is 0 Å². The predicted octanol–water partition coefficient (Wildman–Crippen LogP) is 3.61. The van der Waals surface area contributed by atoms with Crippen molar-refractivity contribution in [2.45, 2.75) is 51.9 Å². The highest BCUT2D eigenvalue weighted by Gasteiger charge is 2.61. The summed E-state index contributed by atoms with van der Waals surface area (Å²) in [5.74, 6) is 3.53. The standard InChI is InChI=1S/C12H20/c1-2-6-12-7-5-11(12)9-3-4-10(12)8-9/h9-11H,2-8H2,1H3/t9?,10?,11-,12?/m1/s1. The Hall–Kier alpha value is 0. The largest absolute Gasteiger partial charge is 0.0654 e. The van der Waals surface area contributed by atoms with Crippen molar-refractivity contribution in [3.63, 3.8) is 0 Å². The molecule has 0 heteroatoms. The highest BCUT2D eigenvalue weighted by Crippen LogP contribution is 2.70. The molecule has 0 aromatic heterocycles. The summed E-state index contributed by atoms with van der Waals surface area (Å²) in [5.41, 5.74) is 0.900. The molecule has 3 fully saturated rings. The second-order valence-corrected chi connectivity index (χ2v) is 5.40. The van der Waals surface area contributed by atoms with Crippen LogP contribution in [0.5, 0.6) is 0 Å². The van der Waals surface area contributed by atoms with Crippen LogP contribution in [0.2, 0.25) is 0 Å². The highest BCUT2D eigenvalue weighted by atomic mass is 14.7. The van der Waals surface area contributed by atoms with E-state index in [-0.39, 0.29) is 0 Å². The summed E-state index contributed by atoms with van der Waals surface area (Å²) in [5, 5.41) is 0. The van der Waals surface area contributed by atoms with Crippen LogP contribution in [0.3, 0.4) is 0 Å². The fourth-order valence-corrected chi connectivity index (χ4v) is 4.78. The van der Waals surface area contributed by atoms with Crippen molar-refractivity contribution in [1.29, 1.82) is 0 Å². The van der Waals surface area contributed by atoms with E-state index in [1.807, 2.05) is 0 Å². The summed E-state index contributed by atoms with van der Waals surface area (Å²) in [6.07, 6.45) is 10.9. The lowest BCUT2D eigenvalue weighted by Gasteiger charge is -2.53. The summed E-state index contributed by atoms with van der Waals surface area (Å²) >= 11 is 0. The molecule has 4 atom stereocenters. The van der Waals surface area contributed by atoms with Gasteiger partial charge in [-0.25, -0.2) is 0 Å². The molecule has 0 N–H and O–H groups in total. The number of hydrogen-bond acceptors (Lipinski definition) is 0. The molecule has 12 heavy (non-hydrogen) atoms. The molecule has 0 radical (unpaired) electrons. The van der Waals surface area contributed by atoms with Gasteiger partial charge in [0.25, 0.3) is 0 Å². The van der Waals surface area contributed by atoms with Gasteiger partial charge in [0.05, 0.1) is 0 Å². The number of rotatable bonds is 2. The van der Waals surface area contributed by atoms with Crippen molar-refractivity contribution >= 4 is 0 Å². The normalized spacial score (nSPS) is 55.2. The van der Waals surface area contributed by atoms with E-state index in [1.165, 1.54) is 24.2 Å². The minimum Gasteiger partial charge on any atom is -0.0654 e. The quantitative estimate of drug-likeness (QED) is 0.585. The lowest BCUT2D eigenvalue weighted by molar-refractivity contribution is -0.0334. The van der Waals surface area contributed by atoms with Crippen LogP contribution in [0.4, 0.5) is 0 Å². The minimum absolute atomic E-state index is 0.900. The van der Waals surface area contributed by atoms with E-state index in [0.29, 0.717) is 0 Å². The molecule has 3 saturated carbocycles. The third kappa shape index (κ3) is 0.661. The van der Waals surface area contributed by atoms with Gasteiger partial charge < -0.3 is 0 Å². The van der Waals surface area contributed by atoms with Gasteiger partial charge in [0.15, 0.2) is 0 Å². The van der Waals surface area contributed by atoms with E-state index >= 15 is 0 Å². The third-order valence-electron chi connectivity index (χ3n) is 5.23. The first-order valence-corrected chi connectivity index (χ1v) is 5.87. The monoisotopic (exact) mass is 164 g/mol. The smallest absolute Gasteiger partial charge is 0.0238 e. The Labute approximate surface area is 75.7 Å². The highest BCUT2D eigenvalue weighted by molar-refractivity contribution is 5.11. The molecule has 3 rings (SSSR count). The zero-order chi connectivity index (χ0) is 8.18. The molecule has 3 aliphatic rings. The molecular weight excluding hydrogens is 144 g/mol. The third-order valence-corrected chi connectivity index (χ3v) is 5.23. The zero-order valence-electron chi connectivity index (χ0n) is 8.18. The van der Waals surface area contributed by atoms with Crippen molar-refractivity contribution in [3.8, 4) is 0 Å². The van der Waals surface area contributed by atoms with Gasteiger partial charge in [-0.15, -0.1) is 0 Å². The Kier molecular flexibility index (Phi) is 1.40. The Bertz CT molecular complexity index is 192. The average molecular weight is 164 g/mol. The molecule has 0 aromatic rings. The Morgan fingerprint density at radius 2 is 2.17 bits per heavy atom. The molecule has 0 nitrogen and oxygen atoms in total. The summed E-state index contributed by atoms with van der Waals surface area (Å²) < 4.78 is 0. The van der Waals surface area contributed by atoms with Crippen LogP contribution in [0, 0.1) is 23.2 Å². The molecule has 3 unspecified atom stereocenters. The lowest BCUT2D eigenvalue weighted by atomic mass is 9.52.